The van der Waals surface area contributed by atoms with Gasteiger partial charge in [0.2, 0.25) is 0 Å². The van der Waals surface area contributed by atoms with Crippen LogP contribution in [0.2, 0.25) is 0 Å². The molecule has 0 aliphatic rings. The smallest absolute Gasteiger partial charge is 0.460 e. The number of rotatable bonds is 9. The first-order valence-corrected chi connectivity index (χ1v) is 8.73. The van der Waals surface area contributed by atoms with Crippen LogP contribution in [0.25, 0.3) is 0 Å². The molecule has 0 bridgehead atoms. The van der Waals surface area contributed by atoms with Crippen molar-refractivity contribution in [3.63, 3.8) is 0 Å². The second-order valence-electron chi connectivity index (χ2n) is 6.17. The zero-order valence-electron chi connectivity index (χ0n) is 14.1. The number of nitrogens with zero attached hydrogens (tertiary/aromatic N) is 1. The number of esters is 1. The average molecular weight is 362 g/mol. The van der Waals surface area contributed by atoms with Crippen LogP contribution < -0.4 is 11.5 Å². The van der Waals surface area contributed by atoms with Crippen molar-refractivity contribution in [3.8, 4) is 0 Å². The second kappa shape index (κ2) is 8.46. The quantitative estimate of drug-likeness (QED) is 0.193. The van der Waals surface area contributed by atoms with Gasteiger partial charge in [-0.3, -0.25) is 9.05 Å². The fourth-order valence-corrected chi connectivity index (χ4v) is 2.32. The molecular weight excluding hydrogens is 337 g/mol. The number of hydrogen-bond donors (Lipinski definition) is 3. The van der Waals surface area contributed by atoms with E-state index in [1.54, 1.807) is 0 Å². The molecule has 1 atom stereocenters. The molecule has 0 fully saturated rings. The molecular formula is C14H25N3O6P+. The van der Waals surface area contributed by atoms with Gasteiger partial charge in [0, 0.05) is 11.4 Å². The summed E-state index contributed by atoms with van der Waals surface area (Å²) in [6.07, 6.45) is 0. The van der Waals surface area contributed by atoms with E-state index < -0.39 is 13.8 Å². The van der Waals surface area contributed by atoms with E-state index in [0.717, 1.165) is 0 Å². The number of phosphoric acid groups is 1. The third kappa shape index (κ3) is 8.28. The van der Waals surface area contributed by atoms with E-state index in [4.69, 9.17) is 25.3 Å². The Kier molecular flexibility index (Phi) is 7.19. The molecule has 24 heavy (non-hydrogen) atoms. The molecule has 1 unspecified atom stereocenters. The number of ether oxygens (including phenoxy) is 1. The number of hydrogen-bond acceptors (Lipinski definition) is 7. The zero-order chi connectivity index (χ0) is 18.4. The molecule has 1 aromatic carbocycles. The molecule has 10 heteroatoms. The van der Waals surface area contributed by atoms with E-state index in [1.807, 2.05) is 21.1 Å². The molecule has 9 nitrogen and oxygen atoms in total. The van der Waals surface area contributed by atoms with Crippen LogP contribution >= 0.6 is 7.82 Å². The summed E-state index contributed by atoms with van der Waals surface area (Å²) in [7, 11) is 1.61. The highest BCUT2D eigenvalue weighted by Crippen LogP contribution is 2.42. The molecule has 5 N–H and O–H groups in total. The van der Waals surface area contributed by atoms with E-state index in [2.05, 4.69) is 0 Å². The topological polar surface area (TPSA) is 134 Å². The van der Waals surface area contributed by atoms with Gasteiger partial charge in [-0.1, -0.05) is 0 Å². The molecule has 0 amide bonds. The highest BCUT2D eigenvalue weighted by Gasteiger charge is 2.22. The van der Waals surface area contributed by atoms with Crippen LogP contribution in [-0.2, 0) is 18.3 Å². The van der Waals surface area contributed by atoms with Crippen molar-refractivity contribution >= 4 is 25.2 Å². The van der Waals surface area contributed by atoms with Crippen LogP contribution in [0.3, 0.4) is 0 Å². The fraction of sp³-hybridized carbons (Fsp3) is 0.500. The Morgan fingerprint density at radius 3 is 2.17 bits per heavy atom. The molecule has 0 radical (unpaired) electrons. The number of benzene rings is 1. The summed E-state index contributed by atoms with van der Waals surface area (Å²) in [6, 6.07) is 4.35. The van der Waals surface area contributed by atoms with Gasteiger partial charge in [0.15, 0.2) is 0 Å². The maximum Gasteiger partial charge on any atom is 0.472 e. The first-order chi connectivity index (χ1) is 11.0. The summed E-state index contributed by atoms with van der Waals surface area (Å²) in [5.41, 5.74) is 12.0. The van der Waals surface area contributed by atoms with Gasteiger partial charge in [-0.25, -0.2) is 9.36 Å². The number of nitrogens with two attached hydrogens (primary N) is 2. The van der Waals surface area contributed by atoms with Crippen molar-refractivity contribution in [2.24, 2.45) is 0 Å². The van der Waals surface area contributed by atoms with E-state index in [9.17, 15) is 14.3 Å². The Labute approximate surface area is 141 Å². The number of likely N-dealkylation sites (N-methyl/N-ethyl adjacent to an activating group) is 1. The summed E-state index contributed by atoms with van der Waals surface area (Å²) in [5.74, 6) is -0.656. The lowest BCUT2D eigenvalue weighted by Crippen LogP contribution is -2.37. The molecule has 0 heterocycles. The highest BCUT2D eigenvalue weighted by atomic mass is 31.2. The molecule has 0 aromatic heterocycles. The van der Waals surface area contributed by atoms with Crippen molar-refractivity contribution in [1.29, 1.82) is 0 Å². The Balaban J connectivity index is 2.34. The van der Waals surface area contributed by atoms with E-state index in [1.165, 1.54) is 18.2 Å². The number of nitrogen functional groups attached to an aromatic ring is 2. The number of anilines is 2. The molecule has 136 valence electrons. The van der Waals surface area contributed by atoms with Crippen LogP contribution in [0.4, 0.5) is 11.4 Å². The minimum atomic E-state index is -4.17. The second-order valence-corrected chi connectivity index (χ2v) is 7.63. The Hall–Kier alpha value is -1.64. The van der Waals surface area contributed by atoms with Crippen LogP contribution in [0.15, 0.2) is 18.2 Å². The van der Waals surface area contributed by atoms with E-state index >= 15 is 0 Å². The monoisotopic (exact) mass is 362 g/mol. The predicted molar refractivity (Wildman–Crippen MR) is 90.2 cm³/mol. The summed E-state index contributed by atoms with van der Waals surface area (Å²) in [4.78, 5) is 21.3. The lowest BCUT2D eigenvalue weighted by molar-refractivity contribution is -0.870. The molecule has 1 aromatic rings. The van der Waals surface area contributed by atoms with Gasteiger partial charge in [-0.2, -0.15) is 0 Å². The van der Waals surface area contributed by atoms with Crippen LogP contribution in [0, 0.1) is 0 Å². The van der Waals surface area contributed by atoms with Crippen molar-refractivity contribution < 1.29 is 32.5 Å². The van der Waals surface area contributed by atoms with Crippen LogP contribution in [0.1, 0.15) is 10.4 Å². The van der Waals surface area contributed by atoms with Gasteiger partial charge >= 0.3 is 13.8 Å². The third-order valence-corrected chi connectivity index (χ3v) is 3.82. The van der Waals surface area contributed by atoms with Crippen LogP contribution in [0.5, 0.6) is 0 Å². The maximum absolute atomic E-state index is 11.8. The molecule has 0 spiro atoms. The standard InChI is InChI=1S/C14H24N3O6P/c1-17(2,3)4-5-22-24(19,20)23-7-6-21-14(18)11-8-12(15)10-13(16)9-11/h8-10H,4-7,15-16H2,1-3H3/p+1. The lowest BCUT2D eigenvalue weighted by Gasteiger charge is -2.24. The highest BCUT2D eigenvalue weighted by molar-refractivity contribution is 7.47. The summed E-state index contributed by atoms with van der Waals surface area (Å²) < 4.78 is 26.7. The minimum Gasteiger partial charge on any atom is -0.460 e. The number of carbonyl (C=O) groups is 1. The fourth-order valence-electron chi connectivity index (χ4n) is 1.63. The zero-order valence-corrected chi connectivity index (χ0v) is 15.0. The minimum absolute atomic E-state index is 0.0691. The van der Waals surface area contributed by atoms with E-state index in [-0.39, 0.29) is 25.4 Å². The normalized spacial score (nSPS) is 14.2. The summed E-state index contributed by atoms with van der Waals surface area (Å²) in [5, 5.41) is 0. The molecule has 0 aliphatic carbocycles. The predicted octanol–water partition coefficient (Wildman–Crippen LogP) is 0.848. The van der Waals surface area contributed by atoms with Gasteiger partial charge < -0.3 is 25.6 Å². The number of quaternary nitrogens is 1. The van der Waals surface area contributed by atoms with Crippen LogP contribution in [-0.4, -0.2) is 62.9 Å². The molecule has 0 saturated carbocycles. The SMILES string of the molecule is C[N+](C)(C)CCOP(=O)(O)OCCOC(=O)c1cc(N)cc(N)c1. The maximum atomic E-state index is 11.8. The van der Waals surface area contributed by atoms with Crippen molar-refractivity contribution in [2.45, 2.75) is 0 Å². The Bertz CT molecular complexity index is 597. The third-order valence-electron chi connectivity index (χ3n) is 2.80. The number of carbonyl (C=O) groups excluding carboxylic acids is 1. The first kappa shape index (κ1) is 20.4. The summed E-state index contributed by atoms with van der Waals surface area (Å²) in [6.45, 7) is 0.123. The molecule has 0 aliphatic heterocycles. The van der Waals surface area contributed by atoms with E-state index in [0.29, 0.717) is 22.4 Å². The average Bonchev–Trinajstić information content (AvgIpc) is 2.40. The van der Waals surface area contributed by atoms with Gasteiger partial charge in [0.05, 0.1) is 33.3 Å². The Morgan fingerprint density at radius 1 is 1.08 bits per heavy atom. The molecule has 1 rings (SSSR count). The van der Waals surface area contributed by atoms with Crippen molar-refractivity contribution in [2.75, 3.05) is 59.0 Å². The first-order valence-electron chi connectivity index (χ1n) is 7.24. The van der Waals surface area contributed by atoms with Gasteiger partial charge in [-0.15, -0.1) is 0 Å². The lowest BCUT2D eigenvalue weighted by atomic mass is 10.2. The van der Waals surface area contributed by atoms with Gasteiger partial charge in [0.25, 0.3) is 0 Å². The van der Waals surface area contributed by atoms with Crippen molar-refractivity contribution in [3.05, 3.63) is 23.8 Å². The molecule has 0 saturated heterocycles. The summed E-state index contributed by atoms with van der Waals surface area (Å²) >= 11 is 0. The van der Waals surface area contributed by atoms with Crippen molar-refractivity contribution in [1.82, 2.24) is 0 Å². The van der Waals surface area contributed by atoms with Gasteiger partial charge in [-0.05, 0) is 18.2 Å². The largest absolute Gasteiger partial charge is 0.472 e. The van der Waals surface area contributed by atoms with Gasteiger partial charge in [0.1, 0.15) is 19.8 Å². The number of phosphoric ester groups is 1. The Morgan fingerprint density at radius 2 is 1.62 bits per heavy atom.